The molecule has 0 aliphatic carbocycles. The third-order valence-corrected chi connectivity index (χ3v) is 4.80. The van der Waals surface area contributed by atoms with Crippen molar-refractivity contribution in [1.29, 1.82) is 0 Å². The summed E-state index contributed by atoms with van der Waals surface area (Å²) in [6.07, 6.45) is 2.43. The molecule has 1 aromatic rings. The van der Waals surface area contributed by atoms with Gasteiger partial charge in [-0.15, -0.1) is 0 Å². The van der Waals surface area contributed by atoms with Crippen molar-refractivity contribution < 1.29 is 0 Å². The average molecular weight is 266 g/mol. The van der Waals surface area contributed by atoms with Crippen molar-refractivity contribution in [3.05, 3.63) is 22.4 Å². The standard InChI is InChI=1S/C15H26N2S/c1-4-14-10-17(15(9-16-14)12(2)3)7-5-13-6-8-18-11-13/h6,8,11-12,14-16H,4-5,7,9-10H2,1-3H3. The van der Waals surface area contributed by atoms with Crippen LogP contribution in [0.25, 0.3) is 0 Å². The Morgan fingerprint density at radius 2 is 2.33 bits per heavy atom. The Morgan fingerprint density at radius 1 is 1.50 bits per heavy atom. The lowest BCUT2D eigenvalue weighted by Gasteiger charge is -2.42. The van der Waals surface area contributed by atoms with E-state index in [4.69, 9.17) is 0 Å². The zero-order chi connectivity index (χ0) is 13.0. The fourth-order valence-corrected chi connectivity index (χ4v) is 3.50. The summed E-state index contributed by atoms with van der Waals surface area (Å²) in [4.78, 5) is 2.70. The third-order valence-electron chi connectivity index (χ3n) is 4.07. The second-order valence-corrected chi connectivity index (χ2v) is 6.48. The van der Waals surface area contributed by atoms with E-state index in [0.29, 0.717) is 12.1 Å². The van der Waals surface area contributed by atoms with Gasteiger partial charge in [0.2, 0.25) is 0 Å². The molecule has 0 spiro atoms. The molecule has 18 heavy (non-hydrogen) atoms. The van der Waals surface area contributed by atoms with E-state index in [-0.39, 0.29) is 0 Å². The van der Waals surface area contributed by atoms with Gasteiger partial charge in [0.15, 0.2) is 0 Å². The Hall–Kier alpha value is -0.380. The van der Waals surface area contributed by atoms with Gasteiger partial charge in [-0.25, -0.2) is 0 Å². The van der Waals surface area contributed by atoms with Gasteiger partial charge in [0.25, 0.3) is 0 Å². The molecule has 2 rings (SSSR count). The minimum Gasteiger partial charge on any atom is -0.311 e. The number of nitrogens with one attached hydrogen (secondary N) is 1. The van der Waals surface area contributed by atoms with Crippen LogP contribution < -0.4 is 5.32 Å². The molecule has 2 atom stereocenters. The van der Waals surface area contributed by atoms with Gasteiger partial charge in [-0.3, -0.25) is 4.90 Å². The van der Waals surface area contributed by atoms with Crippen molar-refractivity contribution in [3.8, 4) is 0 Å². The number of piperazine rings is 1. The SMILES string of the molecule is CCC1CN(CCc2ccsc2)C(C(C)C)CN1. The summed E-state index contributed by atoms with van der Waals surface area (Å²) in [6, 6.07) is 3.64. The molecule has 0 amide bonds. The Kier molecular flexibility index (Phi) is 5.22. The monoisotopic (exact) mass is 266 g/mol. The topological polar surface area (TPSA) is 15.3 Å². The van der Waals surface area contributed by atoms with Crippen molar-refractivity contribution in [2.45, 2.75) is 45.7 Å². The highest BCUT2D eigenvalue weighted by molar-refractivity contribution is 7.07. The quantitative estimate of drug-likeness (QED) is 0.881. The summed E-state index contributed by atoms with van der Waals surface area (Å²) in [5.41, 5.74) is 1.49. The van der Waals surface area contributed by atoms with Crippen LogP contribution in [0.1, 0.15) is 32.8 Å². The second kappa shape index (κ2) is 6.69. The van der Waals surface area contributed by atoms with Crippen molar-refractivity contribution in [1.82, 2.24) is 10.2 Å². The van der Waals surface area contributed by atoms with Crippen molar-refractivity contribution in [3.63, 3.8) is 0 Å². The number of hydrogen-bond donors (Lipinski definition) is 1. The minimum atomic E-state index is 0.683. The summed E-state index contributed by atoms with van der Waals surface area (Å²) >= 11 is 1.81. The summed E-state index contributed by atoms with van der Waals surface area (Å²) in [5.74, 6) is 0.734. The molecule has 0 aromatic carbocycles. The first-order valence-corrected chi connectivity index (χ1v) is 8.13. The van der Waals surface area contributed by atoms with Crippen LogP contribution >= 0.6 is 11.3 Å². The van der Waals surface area contributed by atoms with E-state index in [1.165, 1.54) is 31.5 Å². The van der Waals surface area contributed by atoms with Gasteiger partial charge in [-0.1, -0.05) is 20.8 Å². The molecule has 102 valence electrons. The highest BCUT2D eigenvalue weighted by Crippen LogP contribution is 2.17. The number of rotatable bonds is 5. The number of hydrogen-bond acceptors (Lipinski definition) is 3. The molecule has 1 aliphatic heterocycles. The zero-order valence-corrected chi connectivity index (χ0v) is 12.7. The van der Waals surface area contributed by atoms with Crippen LogP contribution in [-0.2, 0) is 6.42 Å². The molecule has 2 unspecified atom stereocenters. The van der Waals surface area contributed by atoms with E-state index in [1.807, 2.05) is 11.3 Å². The lowest BCUT2D eigenvalue weighted by molar-refractivity contribution is 0.0985. The predicted octanol–water partition coefficient (Wildman–Crippen LogP) is 3.00. The molecule has 2 nitrogen and oxygen atoms in total. The molecule has 1 fully saturated rings. The fourth-order valence-electron chi connectivity index (χ4n) is 2.80. The van der Waals surface area contributed by atoms with Crippen LogP contribution in [0.3, 0.4) is 0 Å². The maximum absolute atomic E-state index is 3.68. The number of nitrogens with zero attached hydrogens (tertiary/aromatic N) is 1. The second-order valence-electron chi connectivity index (χ2n) is 5.70. The van der Waals surface area contributed by atoms with E-state index in [0.717, 1.165) is 12.5 Å². The average Bonchev–Trinajstić information content (AvgIpc) is 2.88. The van der Waals surface area contributed by atoms with Crippen LogP contribution in [0.15, 0.2) is 16.8 Å². The highest BCUT2D eigenvalue weighted by Gasteiger charge is 2.28. The first-order valence-electron chi connectivity index (χ1n) is 7.19. The predicted molar refractivity (Wildman–Crippen MR) is 80.3 cm³/mol. The van der Waals surface area contributed by atoms with Gasteiger partial charge in [0.1, 0.15) is 0 Å². The molecule has 2 heterocycles. The largest absolute Gasteiger partial charge is 0.311 e. The van der Waals surface area contributed by atoms with Crippen LogP contribution in [0.4, 0.5) is 0 Å². The number of thiophene rings is 1. The van der Waals surface area contributed by atoms with Gasteiger partial charge in [-0.05, 0) is 41.1 Å². The first kappa shape index (κ1) is 14.0. The maximum atomic E-state index is 3.68. The van der Waals surface area contributed by atoms with Crippen LogP contribution in [0.5, 0.6) is 0 Å². The fraction of sp³-hybridized carbons (Fsp3) is 0.733. The van der Waals surface area contributed by atoms with E-state index in [9.17, 15) is 0 Å². The van der Waals surface area contributed by atoms with Crippen molar-refractivity contribution >= 4 is 11.3 Å². The molecule has 1 aliphatic rings. The Labute approximate surface area is 115 Å². The van der Waals surface area contributed by atoms with Gasteiger partial charge in [0, 0.05) is 31.7 Å². The Balaban J connectivity index is 1.92. The van der Waals surface area contributed by atoms with E-state index < -0.39 is 0 Å². The van der Waals surface area contributed by atoms with Gasteiger partial charge < -0.3 is 5.32 Å². The summed E-state index contributed by atoms with van der Waals surface area (Å²) in [7, 11) is 0. The molecular weight excluding hydrogens is 240 g/mol. The minimum absolute atomic E-state index is 0.683. The zero-order valence-electron chi connectivity index (χ0n) is 11.9. The molecule has 1 aromatic heterocycles. The highest BCUT2D eigenvalue weighted by atomic mass is 32.1. The first-order chi connectivity index (χ1) is 8.70. The van der Waals surface area contributed by atoms with Crippen LogP contribution in [0.2, 0.25) is 0 Å². The molecule has 3 heteroatoms. The third kappa shape index (κ3) is 3.56. The molecule has 1 N–H and O–H groups in total. The van der Waals surface area contributed by atoms with Gasteiger partial charge in [0.05, 0.1) is 0 Å². The molecule has 0 bridgehead atoms. The smallest absolute Gasteiger partial charge is 0.0244 e. The molecule has 1 saturated heterocycles. The molecular formula is C15H26N2S. The van der Waals surface area contributed by atoms with Crippen molar-refractivity contribution in [2.75, 3.05) is 19.6 Å². The van der Waals surface area contributed by atoms with Crippen LogP contribution in [-0.4, -0.2) is 36.6 Å². The summed E-state index contributed by atoms with van der Waals surface area (Å²) < 4.78 is 0. The molecule has 0 radical (unpaired) electrons. The van der Waals surface area contributed by atoms with Crippen LogP contribution in [0, 0.1) is 5.92 Å². The normalized spacial score (nSPS) is 25.8. The lowest BCUT2D eigenvalue weighted by Crippen LogP contribution is -2.58. The summed E-state index contributed by atoms with van der Waals surface area (Å²) in [6.45, 7) is 10.5. The van der Waals surface area contributed by atoms with Gasteiger partial charge in [-0.2, -0.15) is 11.3 Å². The Bertz CT molecular complexity index is 334. The van der Waals surface area contributed by atoms with E-state index in [1.54, 1.807) is 0 Å². The van der Waals surface area contributed by atoms with E-state index in [2.05, 4.69) is 47.8 Å². The Morgan fingerprint density at radius 3 is 2.94 bits per heavy atom. The van der Waals surface area contributed by atoms with Gasteiger partial charge >= 0.3 is 0 Å². The maximum Gasteiger partial charge on any atom is 0.0244 e. The summed E-state index contributed by atoms with van der Waals surface area (Å²) in [5, 5.41) is 8.15. The van der Waals surface area contributed by atoms with E-state index >= 15 is 0 Å². The van der Waals surface area contributed by atoms with Crippen molar-refractivity contribution in [2.24, 2.45) is 5.92 Å². The molecule has 0 saturated carbocycles. The lowest BCUT2D eigenvalue weighted by atomic mass is 9.97.